The maximum atomic E-state index is 12.5. The summed E-state index contributed by atoms with van der Waals surface area (Å²) in [5.74, 6) is -0.232. The Morgan fingerprint density at radius 2 is 1.96 bits per heavy atom. The maximum Gasteiger partial charge on any atom is 0.246 e. The van der Waals surface area contributed by atoms with Crippen LogP contribution in [0.4, 0.5) is 5.69 Å². The molecule has 0 radical (unpaired) electrons. The van der Waals surface area contributed by atoms with E-state index in [1.54, 1.807) is 6.92 Å². The lowest BCUT2D eigenvalue weighted by Crippen LogP contribution is -2.41. The minimum absolute atomic E-state index is 0.0234. The quantitative estimate of drug-likeness (QED) is 0.847. The van der Waals surface area contributed by atoms with Crippen molar-refractivity contribution in [2.24, 2.45) is 0 Å². The fraction of sp³-hybridized carbons (Fsp3) is 0.412. The van der Waals surface area contributed by atoms with Crippen LogP contribution >= 0.6 is 0 Å². The highest BCUT2D eigenvalue weighted by atomic mass is 32.2. The van der Waals surface area contributed by atoms with Crippen LogP contribution in [-0.4, -0.2) is 25.5 Å². The maximum absolute atomic E-state index is 12.5. The van der Waals surface area contributed by atoms with Gasteiger partial charge in [-0.05, 0) is 63.3 Å². The van der Waals surface area contributed by atoms with Crippen LogP contribution < -0.4 is 10.0 Å². The molecule has 0 fully saturated rings. The number of amides is 1. The van der Waals surface area contributed by atoms with Crippen molar-refractivity contribution >= 4 is 21.6 Å². The average Bonchev–Trinajstić information content (AvgIpc) is 3.12. The van der Waals surface area contributed by atoms with Crippen molar-refractivity contribution in [1.29, 1.82) is 0 Å². The molecule has 25 heavy (non-hydrogen) atoms. The molecule has 2 N–H and O–H groups in total. The SMILES string of the molecule is Cc1noc(C)c1S(=O)(=O)N[C@@H](C)C(=O)Nc1ccc2c(c1)CCC2. The van der Waals surface area contributed by atoms with E-state index < -0.39 is 22.0 Å². The summed E-state index contributed by atoms with van der Waals surface area (Å²) in [6.45, 7) is 4.56. The van der Waals surface area contributed by atoms with E-state index in [0.29, 0.717) is 5.69 Å². The van der Waals surface area contributed by atoms with E-state index in [2.05, 4.69) is 15.2 Å². The normalized spacial score (nSPS) is 15.0. The zero-order valence-electron chi connectivity index (χ0n) is 14.4. The lowest BCUT2D eigenvalue weighted by Gasteiger charge is -2.15. The third-order valence-corrected chi connectivity index (χ3v) is 6.11. The number of fused-ring (bicyclic) bond motifs is 1. The first-order valence-electron chi connectivity index (χ1n) is 8.16. The van der Waals surface area contributed by atoms with Crippen LogP contribution in [0.25, 0.3) is 0 Å². The van der Waals surface area contributed by atoms with E-state index in [1.807, 2.05) is 18.2 Å². The van der Waals surface area contributed by atoms with Crippen LogP contribution in [-0.2, 0) is 27.7 Å². The summed E-state index contributed by atoms with van der Waals surface area (Å²) in [5.41, 5.74) is 3.48. The molecule has 0 saturated heterocycles. The average molecular weight is 363 g/mol. The number of benzene rings is 1. The molecule has 3 rings (SSSR count). The zero-order valence-corrected chi connectivity index (χ0v) is 15.2. The Hall–Kier alpha value is -2.19. The molecule has 0 unspecified atom stereocenters. The number of aromatic nitrogens is 1. The Balaban J connectivity index is 1.70. The Morgan fingerprint density at radius 3 is 2.64 bits per heavy atom. The summed E-state index contributed by atoms with van der Waals surface area (Å²) >= 11 is 0. The second kappa shape index (κ2) is 6.61. The molecular weight excluding hydrogens is 342 g/mol. The molecule has 0 spiro atoms. The molecule has 0 bridgehead atoms. The van der Waals surface area contributed by atoms with E-state index in [-0.39, 0.29) is 16.3 Å². The third-order valence-electron chi connectivity index (χ3n) is 4.33. The molecule has 1 aromatic carbocycles. The number of hydrogen-bond donors (Lipinski definition) is 2. The molecule has 1 aliphatic rings. The molecule has 1 atom stereocenters. The van der Waals surface area contributed by atoms with Crippen molar-refractivity contribution < 1.29 is 17.7 Å². The molecule has 2 aromatic rings. The highest BCUT2D eigenvalue weighted by Crippen LogP contribution is 2.25. The van der Waals surface area contributed by atoms with Gasteiger partial charge in [-0.15, -0.1) is 0 Å². The first-order valence-corrected chi connectivity index (χ1v) is 9.64. The topological polar surface area (TPSA) is 101 Å². The van der Waals surface area contributed by atoms with E-state index in [4.69, 9.17) is 4.52 Å². The lowest BCUT2D eigenvalue weighted by molar-refractivity contribution is -0.117. The summed E-state index contributed by atoms with van der Waals surface area (Å²) in [5, 5.41) is 6.40. The second-order valence-corrected chi connectivity index (χ2v) is 7.97. The number of rotatable bonds is 5. The van der Waals surface area contributed by atoms with Crippen molar-refractivity contribution in [3.05, 3.63) is 40.8 Å². The fourth-order valence-corrected chi connectivity index (χ4v) is 4.64. The number of aryl methyl sites for hydroxylation is 4. The molecule has 1 aromatic heterocycles. The molecule has 0 saturated carbocycles. The van der Waals surface area contributed by atoms with Gasteiger partial charge >= 0.3 is 0 Å². The number of anilines is 1. The van der Waals surface area contributed by atoms with Crippen LogP contribution in [0.5, 0.6) is 0 Å². The predicted octanol–water partition coefficient (Wildman–Crippen LogP) is 2.09. The second-order valence-electron chi connectivity index (χ2n) is 6.32. The van der Waals surface area contributed by atoms with Crippen LogP contribution in [0, 0.1) is 13.8 Å². The number of hydrogen-bond acceptors (Lipinski definition) is 5. The van der Waals surface area contributed by atoms with Gasteiger partial charge in [0.2, 0.25) is 15.9 Å². The molecule has 7 nitrogen and oxygen atoms in total. The van der Waals surface area contributed by atoms with Crippen LogP contribution in [0.3, 0.4) is 0 Å². The standard InChI is InChI=1S/C17H21N3O4S/c1-10-16(12(3)24-19-10)25(22,23)20-11(2)17(21)18-15-8-7-13-5-4-6-14(13)9-15/h7-9,11,20H,4-6H2,1-3H3,(H,18,21)/t11-/m0/s1. The highest BCUT2D eigenvalue weighted by molar-refractivity contribution is 7.89. The Morgan fingerprint density at radius 1 is 1.24 bits per heavy atom. The summed E-state index contributed by atoms with van der Waals surface area (Å²) in [6.07, 6.45) is 3.20. The van der Waals surface area contributed by atoms with E-state index in [1.165, 1.54) is 25.0 Å². The molecule has 1 aliphatic carbocycles. The third kappa shape index (κ3) is 3.59. The van der Waals surface area contributed by atoms with Crippen molar-refractivity contribution in [1.82, 2.24) is 9.88 Å². The van der Waals surface area contributed by atoms with Crippen molar-refractivity contribution in [2.75, 3.05) is 5.32 Å². The molecule has 8 heteroatoms. The first-order chi connectivity index (χ1) is 11.8. The van der Waals surface area contributed by atoms with Gasteiger partial charge in [-0.25, -0.2) is 8.42 Å². The number of carbonyl (C=O) groups is 1. The highest BCUT2D eigenvalue weighted by Gasteiger charge is 2.28. The Bertz CT molecular complexity index is 898. The number of sulfonamides is 1. The molecule has 1 amide bonds. The minimum Gasteiger partial charge on any atom is -0.360 e. The van der Waals surface area contributed by atoms with E-state index >= 15 is 0 Å². The molecule has 1 heterocycles. The van der Waals surface area contributed by atoms with Gasteiger partial charge < -0.3 is 9.84 Å². The molecule has 134 valence electrons. The van der Waals surface area contributed by atoms with E-state index in [0.717, 1.165) is 19.3 Å². The van der Waals surface area contributed by atoms with Gasteiger partial charge in [0, 0.05) is 5.69 Å². The summed E-state index contributed by atoms with van der Waals surface area (Å²) in [7, 11) is -3.89. The van der Waals surface area contributed by atoms with Gasteiger partial charge in [0.15, 0.2) is 5.76 Å². The Kier molecular flexibility index (Phi) is 4.66. The van der Waals surface area contributed by atoms with Gasteiger partial charge in [0.25, 0.3) is 0 Å². The monoisotopic (exact) mass is 363 g/mol. The van der Waals surface area contributed by atoms with Crippen LogP contribution in [0.2, 0.25) is 0 Å². The predicted molar refractivity (Wildman–Crippen MR) is 92.9 cm³/mol. The smallest absolute Gasteiger partial charge is 0.246 e. The van der Waals surface area contributed by atoms with Gasteiger partial charge in [-0.3, -0.25) is 4.79 Å². The summed E-state index contributed by atoms with van der Waals surface area (Å²) < 4.78 is 32.2. The lowest BCUT2D eigenvalue weighted by atomic mass is 10.1. The van der Waals surface area contributed by atoms with Crippen molar-refractivity contribution in [3.8, 4) is 0 Å². The Labute approximate surface area is 146 Å². The molecule has 0 aliphatic heterocycles. The van der Waals surface area contributed by atoms with Crippen LogP contribution in [0.1, 0.15) is 35.9 Å². The van der Waals surface area contributed by atoms with Gasteiger partial charge in [-0.2, -0.15) is 4.72 Å². The first kappa shape index (κ1) is 17.6. The summed E-state index contributed by atoms with van der Waals surface area (Å²) in [4.78, 5) is 12.3. The van der Waals surface area contributed by atoms with Gasteiger partial charge in [0.1, 0.15) is 10.6 Å². The van der Waals surface area contributed by atoms with E-state index in [9.17, 15) is 13.2 Å². The van der Waals surface area contributed by atoms with Crippen molar-refractivity contribution in [2.45, 2.75) is 51.0 Å². The van der Waals surface area contributed by atoms with Crippen LogP contribution in [0.15, 0.2) is 27.6 Å². The number of nitrogens with one attached hydrogen (secondary N) is 2. The minimum atomic E-state index is -3.89. The van der Waals surface area contributed by atoms with Crippen molar-refractivity contribution in [3.63, 3.8) is 0 Å². The molecular formula is C17H21N3O4S. The van der Waals surface area contributed by atoms with Gasteiger partial charge in [0.05, 0.1) is 6.04 Å². The number of nitrogens with zero attached hydrogens (tertiary/aromatic N) is 1. The summed E-state index contributed by atoms with van der Waals surface area (Å²) in [6, 6.07) is 4.87. The number of carbonyl (C=O) groups excluding carboxylic acids is 1. The largest absolute Gasteiger partial charge is 0.360 e. The zero-order chi connectivity index (χ0) is 18.2. The van der Waals surface area contributed by atoms with Gasteiger partial charge in [-0.1, -0.05) is 11.2 Å². The fourth-order valence-electron chi connectivity index (χ4n) is 3.10.